The Bertz CT molecular complexity index is 1480. The van der Waals surface area contributed by atoms with E-state index < -0.39 is 45.4 Å². The van der Waals surface area contributed by atoms with Crippen molar-refractivity contribution in [1.29, 1.82) is 0 Å². The topological polar surface area (TPSA) is 137 Å². The van der Waals surface area contributed by atoms with Gasteiger partial charge in [-0.1, -0.05) is 93.8 Å². The van der Waals surface area contributed by atoms with Gasteiger partial charge in [-0.2, -0.15) is 0 Å². The Kier molecular flexibility index (Phi) is 7.75. The summed E-state index contributed by atoms with van der Waals surface area (Å²) in [6.07, 6.45) is 8.27. The van der Waals surface area contributed by atoms with Gasteiger partial charge in [0.25, 0.3) is 11.8 Å². The fourth-order valence-corrected chi connectivity index (χ4v) is 11.3. The van der Waals surface area contributed by atoms with Crippen LogP contribution in [0.4, 0.5) is 0 Å². The van der Waals surface area contributed by atoms with Gasteiger partial charge in [-0.05, 0) is 56.2 Å². The first-order valence-corrected chi connectivity index (χ1v) is 18.3. The molecule has 0 saturated heterocycles. The lowest BCUT2D eigenvalue weighted by Gasteiger charge is -2.42. The number of carbonyl (C=O) groups excluding carboxylic acids is 2. The SMILES string of the molecule is O=C1c2ccccc2C(=O)N1CCCCCCOC1C2(O)C3(CCCCC3)C2(O)C(OCc2ccccc2)C2(O)C3(CCCCC3)C12O. The van der Waals surface area contributed by atoms with E-state index in [-0.39, 0.29) is 25.0 Å². The van der Waals surface area contributed by atoms with Crippen LogP contribution < -0.4 is 0 Å². The van der Waals surface area contributed by atoms with E-state index in [2.05, 4.69) is 0 Å². The van der Waals surface area contributed by atoms with E-state index in [1.807, 2.05) is 30.3 Å². The molecule has 5 saturated carbocycles. The van der Waals surface area contributed by atoms with Crippen LogP contribution in [0.15, 0.2) is 54.6 Å². The number of amides is 2. The van der Waals surface area contributed by atoms with Crippen LogP contribution in [-0.4, -0.2) is 84.9 Å². The first-order chi connectivity index (χ1) is 23.2. The van der Waals surface area contributed by atoms with Crippen LogP contribution in [0.1, 0.15) is 116 Å². The van der Waals surface area contributed by atoms with Crippen molar-refractivity contribution in [2.24, 2.45) is 10.8 Å². The normalized spacial score (nSPS) is 37.0. The Morgan fingerprint density at radius 1 is 0.583 bits per heavy atom. The van der Waals surface area contributed by atoms with Crippen LogP contribution in [0.3, 0.4) is 0 Å². The molecule has 2 aromatic rings. The van der Waals surface area contributed by atoms with Gasteiger partial charge in [0, 0.05) is 24.0 Å². The molecule has 6 aliphatic rings. The van der Waals surface area contributed by atoms with Crippen molar-refractivity contribution >= 4 is 11.8 Å². The van der Waals surface area contributed by atoms with Gasteiger partial charge in [-0.15, -0.1) is 0 Å². The molecule has 5 aliphatic carbocycles. The second-order valence-corrected chi connectivity index (χ2v) is 15.5. The number of unbranched alkanes of at least 4 members (excludes halogenated alkanes) is 3. The van der Waals surface area contributed by atoms with Crippen molar-refractivity contribution in [3.63, 3.8) is 0 Å². The highest BCUT2D eigenvalue weighted by atomic mass is 16.6. The number of hydrogen-bond donors (Lipinski definition) is 4. The van der Waals surface area contributed by atoms with Crippen molar-refractivity contribution < 1.29 is 39.5 Å². The third-order valence-corrected chi connectivity index (χ3v) is 13.6. The maximum atomic E-state index is 12.8. The van der Waals surface area contributed by atoms with E-state index in [4.69, 9.17) is 9.47 Å². The van der Waals surface area contributed by atoms with Gasteiger partial charge in [-0.25, -0.2) is 0 Å². The van der Waals surface area contributed by atoms with Crippen LogP contribution in [0.2, 0.25) is 0 Å². The highest BCUT2D eigenvalue weighted by Gasteiger charge is 3.08. The number of aliphatic hydroxyl groups is 4. The minimum absolute atomic E-state index is 0.153. The van der Waals surface area contributed by atoms with E-state index in [1.165, 1.54) is 4.90 Å². The van der Waals surface area contributed by atoms with Gasteiger partial charge >= 0.3 is 0 Å². The summed E-state index contributed by atoms with van der Waals surface area (Å²) in [5.74, 6) is -0.489. The molecule has 2 aromatic carbocycles. The van der Waals surface area contributed by atoms with Crippen molar-refractivity contribution in [2.45, 2.75) is 131 Å². The number of imide groups is 1. The summed E-state index contributed by atoms with van der Waals surface area (Å²) in [5.41, 5.74) is -7.06. The fourth-order valence-electron chi connectivity index (χ4n) is 11.3. The largest absolute Gasteiger partial charge is 0.383 e. The van der Waals surface area contributed by atoms with Gasteiger partial charge < -0.3 is 29.9 Å². The van der Waals surface area contributed by atoms with Gasteiger partial charge in [-0.3, -0.25) is 14.5 Å². The highest BCUT2D eigenvalue weighted by Crippen LogP contribution is 2.89. The molecule has 0 bridgehead atoms. The predicted octanol–water partition coefficient (Wildman–Crippen LogP) is 4.68. The summed E-state index contributed by atoms with van der Waals surface area (Å²) in [6, 6.07) is 16.6. The maximum absolute atomic E-state index is 12.8. The number of rotatable bonds is 11. The minimum Gasteiger partial charge on any atom is -0.383 e. The molecule has 2 spiro atoms. The molecular weight excluding hydrogens is 610 g/mol. The summed E-state index contributed by atoms with van der Waals surface area (Å²) in [6.45, 7) is 0.752. The molecule has 1 heterocycles. The summed E-state index contributed by atoms with van der Waals surface area (Å²) in [7, 11) is 0. The molecule has 5 fully saturated rings. The molecule has 9 nitrogen and oxygen atoms in total. The van der Waals surface area contributed by atoms with E-state index in [0.29, 0.717) is 56.2 Å². The molecule has 8 rings (SSSR count). The van der Waals surface area contributed by atoms with Crippen molar-refractivity contribution in [3.8, 4) is 0 Å². The van der Waals surface area contributed by atoms with Crippen LogP contribution in [-0.2, 0) is 16.1 Å². The minimum atomic E-state index is -1.76. The van der Waals surface area contributed by atoms with Gasteiger partial charge in [0.1, 0.15) is 34.6 Å². The van der Waals surface area contributed by atoms with Crippen molar-refractivity contribution in [1.82, 2.24) is 4.90 Å². The Hall–Kier alpha value is -2.66. The molecule has 1 aliphatic heterocycles. The Balaban J connectivity index is 0.989. The monoisotopic (exact) mass is 659 g/mol. The van der Waals surface area contributed by atoms with Crippen LogP contribution in [0, 0.1) is 10.8 Å². The molecule has 0 radical (unpaired) electrons. The van der Waals surface area contributed by atoms with E-state index >= 15 is 0 Å². The third-order valence-electron chi connectivity index (χ3n) is 13.6. The van der Waals surface area contributed by atoms with Crippen molar-refractivity contribution in [2.75, 3.05) is 13.2 Å². The maximum Gasteiger partial charge on any atom is 0.261 e. The quantitative estimate of drug-likeness (QED) is 0.202. The molecule has 48 heavy (non-hydrogen) atoms. The second-order valence-electron chi connectivity index (χ2n) is 15.5. The number of hydrogen-bond acceptors (Lipinski definition) is 8. The number of carbonyl (C=O) groups is 2. The molecule has 4 unspecified atom stereocenters. The van der Waals surface area contributed by atoms with Crippen LogP contribution in [0.25, 0.3) is 0 Å². The summed E-state index contributed by atoms with van der Waals surface area (Å²) in [5, 5.41) is 51.1. The zero-order valence-electron chi connectivity index (χ0n) is 27.7. The Morgan fingerprint density at radius 3 is 1.56 bits per heavy atom. The first kappa shape index (κ1) is 32.5. The lowest BCUT2D eigenvalue weighted by Crippen LogP contribution is -2.65. The molecule has 4 N–H and O–H groups in total. The Labute approximate surface area is 282 Å². The highest BCUT2D eigenvalue weighted by molar-refractivity contribution is 6.21. The van der Waals surface area contributed by atoms with Crippen molar-refractivity contribution in [3.05, 3.63) is 71.3 Å². The third kappa shape index (κ3) is 3.89. The van der Waals surface area contributed by atoms with Crippen LogP contribution >= 0.6 is 0 Å². The number of fused-ring (bicyclic) bond motifs is 7. The molecule has 2 amide bonds. The van der Waals surface area contributed by atoms with Gasteiger partial charge in [0.15, 0.2) is 0 Å². The second kappa shape index (κ2) is 11.4. The zero-order valence-corrected chi connectivity index (χ0v) is 27.7. The van der Waals surface area contributed by atoms with E-state index in [1.54, 1.807) is 24.3 Å². The molecule has 0 aromatic heterocycles. The average molecular weight is 660 g/mol. The number of ether oxygens (including phenoxy) is 2. The first-order valence-electron chi connectivity index (χ1n) is 18.3. The summed E-state index contributed by atoms with van der Waals surface area (Å²) < 4.78 is 13.1. The lowest BCUT2D eigenvalue weighted by atomic mass is 9.76. The zero-order chi connectivity index (χ0) is 33.4. The van der Waals surface area contributed by atoms with E-state index in [9.17, 15) is 30.0 Å². The van der Waals surface area contributed by atoms with E-state index in [0.717, 1.165) is 56.9 Å². The Morgan fingerprint density at radius 2 is 1.04 bits per heavy atom. The lowest BCUT2D eigenvalue weighted by molar-refractivity contribution is -0.248. The fraction of sp³-hybridized carbons (Fsp3) is 0.641. The summed E-state index contributed by atoms with van der Waals surface area (Å²) >= 11 is 0. The standard InChI is InChI=1S/C39H49NO8/c41-30-28-18-8-9-19-29(28)31(42)40(30)24-14-1-2-15-25-47-32-36(43)34(20-10-4-11-21-34)38(36,45)33(48-26-27-16-6-3-7-17-27)39(46)35(37(32,39)44)22-12-5-13-23-35/h3,6-9,16-19,32-33,43-46H,1-2,4-5,10-15,20-26H2. The summed E-state index contributed by atoms with van der Waals surface area (Å²) in [4.78, 5) is 26.7. The number of benzene rings is 2. The molecule has 4 atom stereocenters. The number of nitrogens with zero attached hydrogens (tertiary/aromatic N) is 1. The average Bonchev–Trinajstić information content (AvgIpc) is 3.64. The van der Waals surface area contributed by atoms with Gasteiger partial charge in [0.2, 0.25) is 0 Å². The predicted molar refractivity (Wildman–Crippen MR) is 176 cm³/mol. The van der Waals surface area contributed by atoms with Crippen LogP contribution in [0.5, 0.6) is 0 Å². The molecule has 258 valence electrons. The molecule has 9 heteroatoms. The molecular formula is C39H49NO8. The smallest absolute Gasteiger partial charge is 0.261 e. The van der Waals surface area contributed by atoms with Gasteiger partial charge in [0.05, 0.1) is 17.7 Å².